The number of rotatable bonds is 32. The SMILES string of the molecule is C#CCCCCCCCCCCCCCCCC/C=C\CCCCC#CC(O)C#CCCCC/C=C\CCCCCC/C=C/C(=O)C#C. The van der Waals surface area contributed by atoms with Gasteiger partial charge in [0.25, 0.3) is 0 Å². The molecule has 0 aliphatic heterocycles. The lowest BCUT2D eigenvalue weighted by molar-refractivity contribution is -0.109. The maximum absolute atomic E-state index is 11.0. The smallest absolute Gasteiger partial charge is 0.228 e. The predicted molar refractivity (Wildman–Crippen MR) is 210 cm³/mol. The average molecular weight is 655 g/mol. The van der Waals surface area contributed by atoms with E-state index in [1.807, 2.05) is 6.08 Å². The zero-order valence-electron chi connectivity index (χ0n) is 30.8. The van der Waals surface area contributed by atoms with Crippen molar-refractivity contribution in [2.45, 2.75) is 199 Å². The molecule has 2 heteroatoms. The van der Waals surface area contributed by atoms with Gasteiger partial charge in [-0.05, 0) is 95.5 Å². The van der Waals surface area contributed by atoms with Gasteiger partial charge >= 0.3 is 0 Å². The number of ketones is 1. The second-order valence-electron chi connectivity index (χ2n) is 13.1. The Labute approximate surface area is 298 Å². The predicted octanol–water partition coefficient (Wildman–Crippen LogP) is 12.6. The Balaban J connectivity index is 3.43. The highest BCUT2D eigenvalue weighted by molar-refractivity contribution is 6.03. The molecule has 0 saturated carbocycles. The topological polar surface area (TPSA) is 37.3 Å². The third kappa shape index (κ3) is 39.3. The van der Waals surface area contributed by atoms with E-state index in [1.54, 1.807) is 0 Å². The summed E-state index contributed by atoms with van der Waals surface area (Å²) in [4.78, 5) is 11.0. The van der Waals surface area contributed by atoms with Crippen molar-refractivity contribution in [3.63, 3.8) is 0 Å². The summed E-state index contributed by atoms with van der Waals surface area (Å²) in [6.07, 6.45) is 58.6. The van der Waals surface area contributed by atoms with E-state index in [-0.39, 0.29) is 5.78 Å². The number of carbonyl (C=O) groups excluding carboxylic acids is 1. The summed E-state index contributed by atoms with van der Waals surface area (Å²) in [6, 6.07) is 0. The summed E-state index contributed by atoms with van der Waals surface area (Å²) in [5, 5.41) is 9.97. The standard InChI is InChI=1S/C46H70O2/c1-3-5-6-7-8-9-10-11-12-13-14-15-16-17-18-19-20-21-25-28-31-34-37-40-43-46(48)44-41-38-35-32-29-26-23-22-24-27-30-33-36-39-42-45(47)4-2/h1-2,21,23,25-26,39,42,46,48H,5-20,22,24,27-38H2/b25-21-,26-23-,42-39+. The largest absolute Gasteiger partial charge is 0.369 e. The minimum atomic E-state index is -0.818. The van der Waals surface area contributed by atoms with E-state index >= 15 is 0 Å². The van der Waals surface area contributed by atoms with Crippen LogP contribution in [0.15, 0.2) is 36.5 Å². The molecule has 266 valence electrons. The molecular formula is C46H70O2. The normalized spacial score (nSPS) is 11.6. The summed E-state index contributed by atoms with van der Waals surface area (Å²) in [7, 11) is 0. The molecule has 2 nitrogen and oxygen atoms in total. The molecule has 0 amide bonds. The van der Waals surface area contributed by atoms with Gasteiger partial charge in [-0.25, -0.2) is 0 Å². The van der Waals surface area contributed by atoms with E-state index in [0.717, 1.165) is 77.0 Å². The molecule has 1 unspecified atom stereocenters. The van der Waals surface area contributed by atoms with Gasteiger partial charge in [0.05, 0.1) is 0 Å². The summed E-state index contributed by atoms with van der Waals surface area (Å²) >= 11 is 0. The quantitative estimate of drug-likeness (QED) is 0.0258. The van der Waals surface area contributed by atoms with Crippen LogP contribution in [-0.2, 0) is 4.79 Å². The average Bonchev–Trinajstić information content (AvgIpc) is 3.09. The summed E-state index contributed by atoms with van der Waals surface area (Å²) in [6.45, 7) is 0. The van der Waals surface area contributed by atoms with Crippen LogP contribution in [0, 0.1) is 48.4 Å². The van der Waals surface area contributed by atoms with Crippen LogP contribution in [0.4, 0.5) is 0 Å². The van der Waals surface area contributed by atoms with Crippen LogP contribution in [0.5, 0.6) is 0 Å². The molecule has 0 aromatic carbocycles. The molecule has 0 aliphatic carbocycles. The Morgan fingerprint density at radius 2 is 0.771 bits per heavy atom. The van der Waals surface area contributed by atoms with Crippen molar-refractivity contribution in [3.8, 4) is 48.4 Å². The number of hydrogen-bond donors (Lipinski definition) is 1. The zero-order chi connectivity index (χ0) is 34.9. The maximum Gasteiger partial charge on any atom is 0.228 e. The summed E-state index contributed by atoms with van der Waals surface area (Å²) in [5.74, 6) is 16.5. The molecule has 0 heterocycles. The number of terminal acetylenes is 2. The van der Waals surface area contributed by atoms with Crippen molar-refractivity contribution < 1.29 is 9.90 Å². The number of aliphatic hydroxyl groups is 1. The fourth-order valence-corrected chi connectivity index (χ4v) is 5.52. The van der Waals surface area contributed by atoms with Crippen molar-refractivity contribution in [2.75, 3.05) is 0 Å². The second-order valence-corrected chi connectivity index (χ2v) is 13.1. The third-order valence-corrected chi connectivity index (χ3v) is 8.50. The minimum absolute atomic E-state index is 0.248. The van der Waals surface area contributed by atoms with Gasteiger partial charge in [0, 0.05) is 19.3 Å². The van der Waals surface area contributed by atoms with Crippen molar-refractivity contribution in [2.24, 2.45) is 0 Å². The fraction of sp³-hybridized carbons (Fsp3) is 0.674. The van der Waals surface area contributed by atoms with Crippen LogP contribution >= 0.6 is 0 Å². The highest BCUT2D eigenvalue weighted by Gasteiger charge is 1.95. The van der Waals surface area contributed by atoms with Crippen molar-refractivity contribution in [3.05, 3.63) is 36.5 Å². The summed E-state index contributed by atoms with van der Waals surface area (Å²) < 4.78 is 0. The molecular weight excluding hydrogens is 585 g/mol. The van der Waals surface area contributed by atoms with Crippen LogP contribution in [0.2, 0.25) is 0 Å². The first-order valence-corrected chi connectivity index (χ1v) is 19.8. The molecule has 0 aromatic rings. The van der Waals surface area contributed by atoms with Crippen LogP contribution < -0.4 is 0 Å². The van der Waals surface area contributed by atoms with Gasteiger partial charge in [-0.3, -0.25) is 4.79 Å². The molecule has 0 rings (SSSR count). The minimum Gasteiger partial charge on any atom is -0.369 e. The van der Waals surface area contributed by atoms with E-state index in [9.17, 15) is 9.90 Å². The molecule has 0 saturated heterocycles. The van der Waals surface area contributed by atoms with E-state index in [2.05, 4.69) is 59.8 Å². The lowest BCUT2D eigenvalue weighted by Crippen LogP contribution is -1.97. The maximum atomic E-state index is 11.0. The highest BCUT2D eigenvalue weighted by Crippen LogP contribution is 2.14. The van der Waals surface area contributed by atoms with Crippen LogP contribution in [0.1, 0.15) is 193 Å². The van der Waals surface area contributed by atoms with Crippen LogP contribution in [0.25, 0.3) is 0 Å². The lowest BCUT2D eigenvalue weighted by Gasteiger charge is -2.03. The van der Waals surface area contributed by atoms with Gasteiger partial charge in [0.15, 0.2) is 6.10 Å². The number of hydrogen-bond acceptors (Lipinski definition) is 2. The van der Waals surface area contributed by atoms with Gasteiger partial charge in [0.1, 0.15) is 0 Å². The van der Waals surface area contributed by atoms with Gasteiger partial charge < -0.3 is 5.11 Å². The Bertz CT molecular complexity index is 1020. The number of allylic oxidation sites excluding steroid dienone is 6. The molecule has 0 radical (unpaired) electrons. The third-order valence-electron chi connectivity index (χ3n) is 8.50. The number of carbonyl (C=O) groups is 1. The number of unbranched alkanes of at least 4 members (excludes halogenated alkanes) is 26. The van der Waals surface area contributed by atoms with E-state index in [0.29, 0.717) is 0 Å². The monoisotopic (exact) mass is 655 g/mol. The van der Waals surface area contributed by atoms with Crippen molar-refractivity contribution in [1.82, 2.24) is 0 Å². The van der Waals surface area contributed by atoms with Crippen LogP contribution in [-0.4, -0.2) is 17.0 Å². The van der Waals surface area contributed by atoms with Gasteiger partial charge in [-0.2, -0.15) is 0 Å². The molecule has 0 spiro atoms. The Hall–Kier alpha value is -2.91. The molecule has 1 atom stereocenters. The molecule has 0 aromatic heterocycles. The Morgan fingerprint density at radius 1 is 0.458 bits per heavy atom. The van der Waals surface area contributed by atoms with E-state index < -0.39 is 6.10 Å². The lowest BCUT2D eigenvalue weighted by atomic mass is 10.0. The molecule has 0 bridgehead atoms. The highest BCUT2D eigenvalue weighted by atomic mass is 16.3. The first-order valence-electron chi connectivity index (χ1n) is 19.8. The van der Waals surface area contributed by atoms with Gasteiger partial charge in [0.2, 0.25) is 5.78 Å². The molecule has 0 aliphatic rings. The summed E-state index contributed by atoms with van der Waals surface area (Å²) in [5.41, 5.74) is 0. The number of aliphatic hydroxyl groups excluding tert-OH is 1. The fourth-order valence-electron chi connectivity index (χ4n) is 5.52. The van der Waals surface area contributed by atoms with Gasteiger partial charge in [-0.15, -0.1) is 18.8 Å². The Morgan fingerprint density at radius 3 is 1.15 bits per heavy atom. The first kappa shape index (κ1) is 45.1. The first-order chi connectivity index (χ1) is 23.7. The zero-order valence-corrected chi connectivity index (χ0v) is 30.8. The van der Waals surface area contributed by atoms with E-state index in [1.165, 1.54) is 122 Å². The molecule has 1 N–H and O–H groups in total. The Kier molecular flexibility index (Phi) is 37.8. The van der Waals surface area contributed by atoms with Crippen molar-refractivity contribution in [1.29, 1.82) is 0 Å². The van der Waals surface area contributed by atoms with E-state index in [4.69, 9.17) is 12.8 Å². The van der Waals surface area contributed by atoms with Crippen molar-refractivity contribution >= 4 is 5.78 Å². The molecule has 48 heavy (non-hydrogen) atoms. The van der Waals surface area contributed by atoms with Crippen LogP contribution in [0.3, 0.4) is 0 Å². The van der Waals surface area contributed by atoms with Gasteiger partial charge in [-0.1, -0.05) is 144 Å². The molecule has 0 fully saturated rings. The second kappa shape index (κ2) is 40.3.